The summed E-state index contributed by atoms with van der Waals surface area (Å²) >= 11 is 1.51. The second-order valence-corrected chi connectivity index (χ2v) is 6.85. The molecule has 2 N–H and O–H groups in total. The van der Waals surface area contributed by atoms with E-state index in [0.717, 1.165) is 16.3 Å². The maximum Gasteiger partial charge on any atom is 0.274 e. The molecule has 124 valence electrons. The van der Waals surface area contributed by atoms with E-state index in [1.54, 1.807) is 18.2 Å². The van der Waals surface area contributed by atoms with Gasteiger partial charge in [0.15, 0.2) is 4.96 Å². The van der Waals surface area contributed by atoms with Crippen molar-refractivity contribution in [1.82, 2.24) is 14.3 Å². The van der Waals surface area contributed by atoms with Gasteiger partial charge in [0.1, 0.15) is 11.4 Å². The van der Waals surface area contributed by atoms with Crippen molar-refractivity contribution in [2.45, 2.75) is 12.0 Å². The molecule has 7 heteroatoms. The van der Waals surface area contributed by atoms with Crippen molar-refractivity contribution in [3.8, 4) is 5.75 Å². The second-order valence-electron chi connectivity index (χ2n) is 5.98. The summed E-state index contributed by atoms with van der Waals surface area (Å²) in [5.41, 5.74) is 7.88. The molecule has 3 aromatic rings. The molecular weight excluding hydrogens is 324 g/mol. The number of ether oxygens (including phenoxy) is 1. The van der Waals surface area contributed by atoms with Crippen LogP contribution in [-0.2, 0) is 0 Å². The summed E-state index contributed by atoms with van der Waals surface area (Å²) in [5, 5.41) is 1.95. The zero-order valence-electron chi connectivity index (χ0n) is 13.3. The number of aromatic nitrogens is 2. The van der Waals surface area contributed by atoms with Crippen LogP contribution in [0.4, 0.5) is 0 Å². The highest BCUT2D eigenvalue weighted by Gasteiger charge is 2.35. The van der Waals surface area contributed by atoms with Crippen LogP contribution in [0.3, 0.4) is 0 Å². The molecule has 1 aliphatic rings. The predicted octanol–water partition coefficient (Wildman–Crippen LogP) is 1.97. The molecule has 1 saturated heterocycles. The van der Waals surface area contributed by atoms with Gasteiger partial charge < -0.3 is 15.4 Å². The molecule has 0 aliphatic carbocycles. The van der Waals surface area contributed by atoms with Crippen molar-refractivity contribution < 1.29 is 9.53 Å². The summed E-state index contributed by atoms with van der Waals surface area (Å²) in [6.45, 7) is 1.13. The first-order valence-corrected chi connectivity index (χ1v) is 8.64. The lowest BCUT2D eigenvalue weighted by molar-refractivity contribution is 0.0784. The molecule has 1 amide bonds. The van der Waals surface area contributed by atoms with Gasteiger partial charge in [-0.25, -0.2) is 4.98 Å². The first-order valence-electron chi connectivity index (χ1n) is 7.76. The summed E-state index contributed by atoms with van der Waals surface area (Å²) in [5.74, 6) is 0.846. The normalized spacial score (nSPS) is 20.7. The molecule has 0 bridgehead atoms. The molecule has 1 fully saturated rings. The molecule has 3 heterocycles. The van der Waals surface area contributed by atoms with Crippen molar-refractivity contribution >= 4 is 22.2 Å². The van der Waals surface area contributed by atoms with Crippen molar-refractivity contribution in [1.29, 1.82) is 0 Å². The van der Waals surface area contributed by atoms with Gasteiger partial charge in [0, 0.05) is 42.8 Å². The van der Waals surface area contributed by atoms with E-state index < -0.39 is 0 Å². The zero-order valence-corrected chi connectivity index (χ0v) is 14.1. The van der Waals surface area contributed by atoms with Gasteiger partial charge >= 0.3 is 0 Å². The smallest absolute Gasteiger partial charge is 0.274 e. The highest BCUT2D eigenvalue weighted by molar-refractivity contribution is 7.15. The van der Waals surface area contributed by atoms with Crippen LogP contribution in [-0.4, -0.2) is 46.4 Å². The SMILES string of the molecule is COc1cccc(C2CN(C(=O)c3cn4ccsc4n3)CC2N)c1. The van der Waals surface area contributed by atoms with Gasteiger partial charge in [-0.15, -0.1) is 11.3 Å². The van der Waals surface area contributed by atoms with E-state index in [1.807, 2.05) is 40.2 Å². The minimum atomic E-state index is -0.0928. The number of nitrogens with zero attached hydrogens (tertiary/aromatic N) is 3. The molecule has 1 aliphatic heterocycles. The summed E-state index contributed by atoms with van der Waals surface area (Å²) in [4.78, 5) is 19.7. The van der Waals surface area contributed by atoms with E-state index in [-0.39, 0.29) is 17.9 Å². The fourth-order valence-electron chi connectivity index (χ4n) is 3.21. The number of hydrogen-bond acceptors (Lipinski definition) is 5. The minimum absolute atomic E-state index is 0.0632. The average Bonchev–Trinajstić information content (AvgIpc) is 3.28. The Kier molecular flexibility index (Phi) is 3.74. The van der Waals surface area contributed by atoms with E-state index in [9.17, 15) is 4.79 Å². The van der Waals surface area contributed by atoms with Gasteiger partial charge in [0.05, 0.1) is 7.11 Å². The lowest BCUT2D eigenvalue weighted by Crippen LogP contribution is -2.32. The fraction of sp³-hybridized carbons (Fsp3) is 0.294. The molecule has 6 nitrogen and oxygen atoms in total. The van der Waals surface area contributed by atoms with Crippen LogP contribution in [0.1, 0.15) is 22.0 Å². The van der Waals surface area contributed by atoms with Crippen LogP contribution in [0.2, 0.25) is 0 Å². The molecule has 2 aromatic heterocycles. The van der Waals surface area contributed by atoms with E-state index in [2.05, 4.69) is 4.98 Å². The number of methoxy groups -OCH3 is 1. The Bertz CT molecular complexity index is 859. The van der Waals surface area contributed by atoms with Crippen LogP contribution in [0, 0.1) is 0 Å². The number of nitrogens with two attached hydrogens (primary N) is 1. The van der Waals surface area contributed by atoms with Crippen LogP contribution in [0.15, 0.2) is 42.0 Å². The van der Waals surface area contributed by atoms with Gasteiger partial charge in [0.25, 0.3) is 5.91 Å². The third-order valence-electron chi connectivity index (χ3n) is 4.49. The maximum absolute atomic E-state index is 12.7. The van der Waals surface area contributed by atoms with E-state index in [4.69, 9.17) is 10.5 Å². The van der Waals surface area contributed by atoms with Crippen LogP contribution >= 0.6 is 11.3 Å². The molecule has 2 atom stereocenters. The number of carbonyl (C=O) groups is 1. The van der Waals surface area contributed by atoms with Gasteiger partial charge in [-0.05, 0) is 17.7 Å². The Morgan fingerprint density at radius 3 is 3.08 bits per heavy atom. The third kappa shape index (κ3) is 2.55. The highest BCUT2D eigenvalue weighted by atomic mass is 32.1. The number of thiazole rings is 1. The number of benzene rings is 1. The van der Waals surface area contributed by atoms with E-state index >= 15 is 0 Å². The number of imidazole rings is 1. The monoisotopic (exact) mass is 342 g/mol. The van der Waals surface area contributed by atoms with E-state index in [1.165, 1.54) is 11.3 Å². The summed E-state index contributed by atoms with van der Waals surface area (Å²) in [6, 6.07) is 7.79. The van der Waals surface area contributed by atoms with Crippen LogP contribution in [0.25, 0.3) is 4.96 Å². The third-order valence-corrected chi connectivity index (χ3v) is 5.26. The number of hydrogen-bond donors (Lipinski definition) is 1. The number of likely N-dealkylation sites (tertiary alicyclic amines) is 1. The lowest BCUT2D eigenvalue weighted by atomic mass is 9.95. The maximum atomic E-state index is 12.7. The standard InChI is InChI=1S/C17H18N4O2S/c1-23-12-4-2-3-11(7-12)13-8-21(9-14(13)18)16(22)15-10-20-5-6-24-17(20)19-15/h2-7,10,13-14H,8-9,18H2,1H3. The Morgan fingerprint density at radius 2 is 2.29 bits per heavy atom. The van der Waals surface area contributed by atoms with Crippen LogP contribution in [0.5, 0.6) is 5.75 Å². The number of carbonyl (C=O) groups excluding carboxylic acids is 1. The molecular formula is C17H18N4O2S. The molecule has 0 saturated carbocycles. The first kappa shape index (κ1) is 15.2. The summed E-state index contributed by atoms with van der Waals surface area (Å²) in [6.07, 6.45) is 3.68. The summed E-state index contributed by atoms with van der Waals surface area (Å²) < 4.78 is 7.15. The first-order chi connectivity index (χ1) is 11.7. The van der Waals surface area contributed by atoms with Crippen molar-refractivity contribution in [2.75, 3.05) is 20.2 Å². The molecule has 0 radical (unpaired) electrons. The van der Waals surface area contributed by atoms with Crippen molar-refractivity contribution in [3.63, 3.8) is 0 Å². The van der Waals surface area contributed by atoms with Crippen molar-refractivity contribution in [2.24, 2.45) is 5.73 Å². The van der Waals surface area contributed by atoms with Gasteiger partial charge in [-0.3, -0.25) is 9.20 Å². The van der Waals surface area contributed by atoms with Crippen molar-refractivity contribution in [3.05, 3.63) is 53.3 Å². The lowest BCUT2D eigenvalue weighted by Gasteiger charge is -2.16. The number of fused-ring (bicyclic) bond motifs is 1. The van der Waals surface area contributed by atoms with Gasteiger partial charge in [0.2, 0.25) is 0 Å². The molecule has 1 aromatic carbocycles. The van der Waals surface area contributed by atoms with Gasteiger partial charge in [-0.1, -0.05) is 12.1 Å². The Balaban J connectivity index is 1.55. The highest BCUT2D eigenvalue weighted by Crippen LogP contribution is 2.29. The quantitative estimate of drug-likeness (QED) is 0.790. The molecule has 4 rings (SSSR count). The Morgan fingerprint density at radius 1 is 1.42 bits per heavy atom. The Hall–Kier alpha value is -2.38. The second kappa shape index (κ2) is 5.92. The van der Waals surface area contributed by atoms with E-state index in [0.29, 0.717) is 18.8 Å². The molecule has 24 heavy (non-hydrogen) atoms. The number of rotatable bonds is 3. The molecule has 0 spiro atoms. The fourth-order valence-corrected chi connectivity index (χ4v) is 3.91. The minimum Gasteiger partial charge on any atom is -0.497 e. The van der Waals surface area contributed by atoms with Crippen LogP contribution < -0.4 is 10.5 Å². The average molecular weight is 342 g/mol. The zero-order chi connectivity index (χ0) is 16.7. The Labute approximate surface area is 143 Å². The largest absolute Gasteiger partial charge is 0.497 e. The number of amides is 1. The topological polar surface area (TPSA) is 72.9 Å². The summed E-state index contributed by atoms with van der Waals surface area (Å²) in [7, 11) is 1.65. The molecule has 2 unspecified atom stereocenters. The van der Waals surface area contributed by atoms with Gasteiger partial charge in [-0.2, -0.15) is 0 Å². The predicted molar refractivity (Wildman–Crippen MR) is 92.7 cm³/mol.